The van der Waals surface area contributed by atoms with E-state index >= 15 is 0 Å². The number of hydrogen-bond donors (Lipinski definition) is 1. The monoisotopic (exact) mass is 237 g/mol. The molecule has 1 saturated heterocycles. The second kappa shape index (κ2) is 4.58. The van der Waals surface area contributed by atoms with Crippen molar-refractivity contribution in [3.8, 4) is 0 Å². The van der Waals surface area contributed by atoms with E-state index in [0.29, 0.717) is 19.6 Å². The third-order valence-corrected chi connectivity index (χ3v) is 3.55. The fraction of sp³-hybridized carbons (Fsp3) is 0.667. The van der Waals surface area contributed by atoms with E-state index in [-0.39, 0.29) is 11.8 Å². The van der Waals surface area contributed by atoms with Gasteiger partial charge in [0.25, 0.3) is 0 Å². The van der Waals surface area contributed by atoms with E-state index in [1.807, 2.05) is 20.2 Å². The number of ether oxygens (including phenoxy) is 1. The lowest BCUT2D eigenvalue weighted by Gasteiger charge is -2.24. The van der Waals surface area contributed by atoms with Crippen molar-refractivity contribution in [2.45, 2.75) is 25.8 Å². The van der Waals surface area contributed by atoms with Gasteiger partial charge in [0.15, 0.2) is 0 Å². The zero-order chi connectivity index (χ0) is 12.5. The zero-order valence-electron chi connectivity index (χ0n) is 10.3. The molecule has 1 aliphatic rings. The van der Waals surface area contributed by atoms with E-state index < -0.39 is 5.41 Å². The van der Waals surface area contributed by atoms with Gasteiger partial charge in [-0.15, -0.1) is 0 Å². The second-order valence-electron chi connectivity index (χ2n) is 4.98. The number of nitrogens with zero attached hydrogens (tertiary/aromatic N) is 2. The maximum absolute atomic E-state index is 12.2. The predicted octanol–water partition coefficient (Wildman–Crippen LogP) is 0.286. The number of hydrogen-bond acceptors (Lipinski definition) is 4. The Morgan fingerprint density at radius 3 is 3.06 bits per heavy atom. The van der Waals surface area contributed by atoms with Crippen molar-refractivity contribution in [2.75, 3.05) is 13.2 Å². The number of carbonyl (C=O) groups is 1. The first-order valence-corrected chi connectivity index (χ1v) is 5.86. The minimum Gasteiger partial charge on any atom is -0.379 e. The molecule has 5 heteroatoms. The Morgan fingerprint density at radius 2 is 2.53 bits per heavy atom. The Labute approximate surface area is 101 Å². The SMILES string of the molecule is Cn1cc(CCC(=O)C2(C)COCC2N)cn1. The van der Waals surface area contributed by atoms with Crippen LogP contribution in [-0.2, 0) is 23.0 Å². The molecule has 0 radical (unpaired) electrons. The highest BCUT2D eigenvalue weighted by atomic mass is 16.5. The summed E-state index contributed by atoms with van der Waals surface area (Å²) in [7, 11) is 1.87. The summed E-state index contributed by atoms with van der Waals surface area (Å²) in [6, 6.07) is -0.177. The van der Waals surface area contributed by atoms with Gasteiger partial charge in [0.2, 0.25) is 0 Å². The molecule has 2 heterocycles. The molecular weight excluding hydrogens is 218 g/mol. The molecule has 0 aromatic carbocycles. The molecule has 5 nitrogen and oxygen atoms in total. The van der Waals surface area contributed by atoms with Crippen molar-refractivity contribution in [1.29, 1.82) is 0 Å². The van der Waals surface area contributed by atoms with Crippen LogP contribution in [0.1, 0.15) is 18.9 Å². The first kappa shape index (κ1) is 12.3. The number of ketones is 1. The van der Waals surface area contributed by atoms with Crippen molar-refractivity contribution < 1.29 is 9.53 Å². The van der Waals surface area contributed by atoms with Gasteiger partial charge in [0.1, 0.15) is 5.78 Å². The van der Waals surface area contributed by atoms with Crippen LogP contribution in [0.25, 0.3) is 0 Å². The molecule has 0 amide bonds. The number of nitrogens with two attached hydrogens (primary N) is 1. The van der Waals surface area contributed by atoms with Crippen molar-refractivity contribution in [3.05, 3.63) is 18.0 Å². The predicted molar refractivity (Wildman–Crippen MR) is 63.4 cm³/mol. The summed E-state index contributed by atoms with van der Waals surface area (Å²) in [5.74, 6) is 0.186. The Balaban J connectivity index is 1.93. The molecule has 2 atom stereocenters. The van der Waals surface area contributed by atoms with Crippen LogP contribution in [-0.4, -0.2) is 34.8 Å². The largest absolute Gasteiger partial charge is 0.379 e. The van der Waals surface area contributed by atoms with E-state index in [1.165, 1.54) is 0 Å². The molecule has 17 heavy (non-hydrogen) atoms. The molecule has 1 aliphatic heterocycles. The number of aromatic nitrogens is 2. The minimum absolute atomic E-state index is 0.177. The number of rotatable bonds is 4. The number of carbonyl (C=O) groups excluding carboxylic acids is 1. The summed E-state index contributed by atoms with van der Waals surface area (Å²) in [4.78, 5) is 12.2. The van der Waals surface area contributed by atoms with Gasteiger partial charge in [0.05, 0.1) is 24.8 Å². The van der Waals surface area contributed by atoms with E-state index in [2.05, 4.69) is 5.10 Å². The van der Waals surface area contributed by atoms with Crippen molar-refractivity contribution >= 4 is 5.78 Å². The van der Waals surface area contributed by atoms with Gasteiger partial charge in [-0.25, -0.2) is 0 Å². The number of aryl methyl sites for hydroxylation is 2. The first-order chi connectivity index (χ1) is 8.02. The van der Waals surface area contributed by atoms with Crippen LogP contribution in [0, 0.1) is 5.41 Å². The van der Waals surface area contributed by atoms with E-state index in [4.69, 9.17) is 10.5 Å². The molecule has 94 valence electrons. The summed E-state index contributed by atoms with van der Waals surface area (Å²) in [6.45, 7) is 2.82. The molecular formula is C12H19N3O2. The molecule has 2 unspecified atom stereocenters. The van der Waals surface area contributed by atoms with E-state index in [1.54, 1.807) is 10.9 Å². The number of Topliss-reactive ketones (excluding diaryl/α,β-unsaturated/α-hetero) is 1. The summed E-state index contributed by atoms with van der Waals surface area (Å²) < 4.78 is 7.03. The maximum atomic E-state index is 12.2. The van der Waals surface area contributed by atoms with Crippen LogP contribution in [0.3, 0.4) is 0 Å². The van der Waals surface area contributed by atoms with Crippen molar-refractivity contribution in [2.24, 2.45) is 18.2 Å². The lowest BCUT2D eigenvalue weighted by atomic mass is 9.79. The van der Waals surface area contributed by atoms with Crippen LogP contribution < -0.4 is 5.73 Å². The van der Waals surface area contributed by atoms with Crippen molar-refractivity contribution in [1.82, 2.24) is 9.78 Å². The highest BCUT2D eigenvalue weighted by molar-refractivity contribution is 5.85. The fourth-order valence-corrected chi connectivity index (χ4v) is 2.12. The summed E-state index contributed by atoms with van der Waals surface area (Å²) in [5.41, 5.74) is 6.49. The fourth-order valence-electron chi connectivity index (χ4n) is 2.12. The average Bonchev–Trinajstić information content (AvgIpc) is 2.84. The smallest absolute Gasteiger partial charge is 0.143 e. The molecule has 0 aliphatic carbocycles. The second-order valence-corrected chi connectivity index (χ2v) is 4.98. The van der Waals surface area contributed by atoms with Gasteiger partial charge in [-0.1, -0.05) is 0 Å². The third kappa shape index (κ3) is 2.40. The van der Waals surface area contributed by atoms with E-state index in [0.717, 1.165) is 12.0 Å². The van der Waals surface area contributed by atoms with Gasteiger partial charge >= 0.3 is 0 Å². The molecule has 0 saturated carbocycles. The standard InChI is InChI=1S/C12H19N3O2/c1-12(8-17-7-10(12)13)11(16)4-3-9-5-14-15(2)6-9/h5-6,10H,3-4,7-8,13H2,1-2H3. The average molecular weight is 237 g/mol. The van der Waals surface area contributed by atoms with Gasteiger partial charge in [-0.3, -0.25) is 9.48 Å². The summed E-state index contributed by atoms with van der Waals surface area (Å²) in [6.07, 6.45) is 4.94. The first-order valence-electron chi connectivity index (χ1n) is 5.86. The Hall–Kier alpha value is -1.20. The molecule has 1 aromatic rings. The van der Waals surface area contributed by atoms with Gasteiger partial charge in [-0.2, -0.15) is 5.10 Å². The molecule has 0 bridgehead atoms. The normalized spacial score (nSPS) is 28.5. The van der Waals surface area contributed by atoms with Gasteiger partial charge in [0, 0.05) is 25.7 Å². The Bertz CT molecular complexity index is 416. The minimum atomic E-state index is -0.512. The molecule has 1 fully saturated rings. The molecule has 1 aromatic heterocycles. The van der Waals surface area contributed by atoms with Gasteiger partial charge < -0.3 is 10.5 Å². The Kier molecular flexibility index (Phi) is 3.31. The lowest BCUT2D eigenvalue weighted by Crippen LogP contribution is -2.44. The summed E-state index contributed by atoms with van der Waals surface area (Å²) in [5, 5.41) is 4.08. The van der Waals surface area contributed by atoms with Crippen LogP contribution >= 0.6 is 0 Å². The lowest BCUT2D eigenvalue weighted by molar-refractivity contribution is -0.128. The van der Waals surface area contributed by atoms with Crippen molar-refractivity contribution in [3.63, 3.8) is 0 Å². The topological polar surface area (TPSA) is 70.1 Å². The van der Waals surface area contributed by atoms with Crippen LogP contribution in [0.5, 0.6) is 0 Å². The van der Waals surface area contributed by atoms with Crippen LogP contribution in [0.2, 0.25) is 0 Å². The third-order valence-electron chi connectivity index (χ3n) is 3.55. The summed E-state index contributed by atoms with van der Waals surface area (Å²) >= 11 is 0. The quantitative estimate of drug-likeness (QED) is 0.817. The van der Waals surface area contributed by atoms with Crippen LogP contribution in [0.4, 0.5) is 0 Å². The zero-order valence-corrected chi connectivity index (χ0v) is 10.3. The molecule has 2 N–H and O–H groups in total. The maximum Gasteiger partial charge on any atom is 0.143 e. The highest BCUT2D eigenvalue weighted by Gasteiger charge is 2.43. The molecule has 0 spiro atoms. The highest BCUT2D eigenvalue weighted by Crippen LogP contribution is 2.29. The van der Waals surface area contributed by atoms with E-state index in [9.17, 15) is 4.79 Å². The van der Waals surface area contributed by atoms with Crippen LogP contribution in [0.15, 0.2) is 12.4 Å². The molecule has 2 rings (SSSR count). The Morgan fingerprint density at radius 1 is 1.76 bits per heavy atom. The van der Waals surface area contributed by atoms with Gasteiger partial charge in [-0.05, 0) is 18.9 Å².